The van der Waals surface area contributed by atoms with Gasteiger partial charge in [0.05, 0.1) is 25.4 Å². The van der Waals surface area contributed by atoms with Crippen LogP contribution in [0.1, 0.15) is 139 Å². The normalized spacial score (nSPS) is 23.4. The number of aliphatic imine (C=N–C) groups is 1. The topological polar surface area (TPSA) is 557 Å². The number of cyclic esters (lactones) is 1. The van der Waals surface area contributed by atoms with Crippen LogP contribution < -0.4 is 75.7 Å². The highest BCUT2D eigenvalue weighted by Gasteiger charge is 2.44. The van der Waals surface area contributed by atoms with Gasteiger partial charge in [-0.1, -0.05) is 105 Å². The van der Waals surface area contributed by atoms with Crippen LogP contribution in [-0.4, -0.2) is 212 Å². The molecule has 3 rings (SSSR count). The Bertz CT molecular complexity index is 3200. The third-order valence-electron chi connectivity index (χ3n) is 15.6. The van der Waals surface area contributed by atoms with Gasteiger partial charge in [0.25, 0.3) is 0 Å². The molecule has 1 saturated heterocycles. The monoisotopic (exact) mass is 1420 g/mol. The summed E-state index contributed by atoms with van der Waals surface area (Å²) >= 11 is 0. The molecule has 1 aliphatic rings. The number of primary amides is 1. The number of pyridine rings is 1. The molecule has 0 aliphatic carbocycles. The molecule has 1 unspecified atom stereocenters. The summed E-state index contributed by atoms with van der Waals surface area (Å²) in [5.74, 6) is -17.7. The molecule has 0 saturated carbocycles. The first kappa shape index (κ1) is 85.6. The largest absolute Gasteiger partial charge is 0.453 e. The highest BCUT2D eigenvalue weighted by molar-refractivity contribution is 6.00. The Labute approximate surface area is 586 Å². The lowest BCUT2D eigenvalue weighted by Gasteiger charge is -2.34. The predicted molar refractivity (Wildman–Crippen MR) is 364 cm³/mol. The van der Waals surface area contributed by atoms with E-state index in [0.29, 0.717) is 0 Å². The zero-order valence-corrected chi connectivity index (χ0v) is 59.4. The molecule has 0 radical (unpaired) electrons. The van der Waals surface area contributed by atoms with Crippen molar-refractivity contribution in [2.24, 2.45) is 45.4 Å². The van der Waals surface area contributed by atoms with Crippen molar-refractivity contribution < 1.29 is 92.2 Å². The molecule has 1 aromatic carbocycles. The number of aromatic nitrogens is 1. The maximum absolute atomic E-state index is 15.7. The summed E-state index contributed by atoms with van der Waals surface area (Å²) in [5.41, 5.74) is 14.9. The van der Waals surface area contributed by atoms with Crippen LogP contribution in [-0.2, 0) is 73.4 Å². The number of ether oxygens (including phenoxy) is 2. The molecule has 0 spiro atoms. The summed E-state index contributed by atoms with van der Waals surface area (Å²) in [6.07, 6.45) is -8.61. The number of aliphatic hydroxyl groups is 4. The zero-order valence-electron chi connectivity index (χ0n) is 59.4. The van der Waals surface area contributed by atoms with E-state index in [2.05, 4.69) is 57.8 Å². The minimum atomic E-state index is -2.61. The van der Waals surface area contributed by atoms with Crippen molar-refractivity contribution in [3.8, 4) is 0 Å². The van der Waals surface area contributed by atoms with Gasteiger partial charge in [-0.05, 0) is 94.2 Å². The van der Waals surface area contributed by atoms with E-state index < -0.39 is 210 Å². The van der Waals surface area contributed by atoms with Crippen LogP contribution in [0.4, 0.5) is 4.79 Å². The quantitative estimate of drug-likeness (QED) is 0.0219. The number of carbonyl (C=O) groups excluding carboxylic acids is 13. The van der Waals surface area contributed by atoms with E-state index in [1.54, 1.807) is 81.4 Å². The van der Waals surface area contributed by atoms with Gasteiger partial charge in [-0.25, -0.2) is 9.59 Å². The van der Waals surface area contributed by atoms with Crippen LogP contribution in [0.25, 0.3) is 0 Å². The molecule has 1 aliphatic heterocycles. The van der Waals surface area contributed by atoms with Gasteiger partial charge in [0.15, 0.2) is 24.2 Å². The van der Waals surface area contributed by atoms with Gasteiger partial charge in [-0.15, -0.1) is 0 Å². The van der Waals surface area contributed by atoms with Crippen LogP contribution in [0.5, 0.6) is 0 Å². The summed E-state index contributed by atoms with van der Waals surface area (Å²) in [5, 5.41) is 71.1. The number of aliphatic hydroxyl groups excluding tert-OH is 4. The Morgan fingerprint density at radius 3 is 1.79 bits per heavy atom. The molecule has 1 aromatic heterocycles. The van der Waals surface area contributed by atoms with Gasteiger partial charge in [0.1, 0.15) is 60.0 Å². The number of nitrogens with zero attached hydrogens (tertiary/aromatic N) is 2. The minimum absolute atomic E-state index is 0.0219. The number of rotatable bonds is 23. The SMILES string of the molecule is CC[C@H](C)[C@@H]1NC(=O)[C@@H](CCCN=C(N)N)NC(=O)[C@H](CC(C)C)NC(=O)[C@H]([C@H](O)C(C)C)NC(=O)[C@@H](NC(=O)C(Cc2ccccn2)NC(=O)[C@@H](CC(C)(C)C)NC(=O)OC(C)(C)C)[C@@H](c2ccccc2)OC(=O)[C@H](CO)NC(=O)[C@H]([C@H](O)C(N)=O)NC(=O)CNC(=O)[C@H]([C@H](C)O)NC1=O. The summed E-state index contributed by atoms with van der Waals surface area (Å²) in [6.45, 7) is 18.2. The van der Waals surface area contributed by atoms with E-state index in [1.165, 1.54) is 56.4 Å². The molecule has 35 heteroatoms. The Hall–Kier alpha value is -9.61. The number of esters is 1. The number of guanidine groups is 1. The third-order valence-corrected chi connectivity index (χ3v) is 15.6. The number of hydrogen-bond donors (Lipinski definition) is 18. The number of alkyl carbamates (subject to hydrolysis) is 1. The number of nitrogens with two attached hydrogens (primary N) is 3. The van der Waals surface area contributed by atoms with E-state index in [0.717, 1.165) is 6.92 Å². The number of hydrogen-bond acceptors (Lipinski definition) is 21. The Balaban J connectivity index is 2.49. The predicted octanol–water partition coefficient (Wildman–Crippen LogP) is -3.89. The van der Waals surface area contributed by atoms with E-state index >= 15 is 14.4 Å². The Morgan fingerprint density at radius 1 is 0.673 bits per heavy atom. The average Bonchev–Trinajstić information content (AvgIpc) is 0.811. The van der Waals surface area contributed by atoms with Crippen molar-refractivity contribution in [2.75, 3.05) is 19.7 Å². The number of amides is 12. The van der Waals surface area contributed by atoms with Crippen molar-refractivity contribution in [1.82, 2.24) is 63.5 Å². The van der Waals surface area contributed by atoms with Crippen molar-refractivity contribution >= 4 is 83.0 Å². The molecule has 2 aromatic rings. The first-order valence-electron chi connectivity index (χ1n) is 33.2. The Kier molecular flexibility index (Phi) is 33.9. The minimum Gasteiger partial charge on any atom is -0.453 e. The van der Waals surface area contributed by atoms with E-state index in [4.69, 9.17) is 26.7 Å². The molecular weight excluding hydrogens is 1320 g/mol. The number of carbonyl (C=O) groups is 13. The lowest BCUT2D eigenvalue weighted by Crippen LogP contribution is -2.64. The lowest BCUT2D eigenvalue weighted by molar-refractivity contribution is -0.159. The fourth-order valence-electron chi connectivity index (χ4n) is 10.1. The number of benzene rings is 1. The van der Waals surface area contributed by atoms with Crippen LogP contribution in [0, 0.1) is 23.2 Å². The molecule has 35 nitrogen and oxygen atoms in total. The van der Waals surface area contributed by atoms with Gasteiger partial charge in [-0.2, -0.15) is 0 Å². The summed E-state index contributed by atoms with van der Waals surface area (Å²) in [4.78, 5) is 195. The molecule has 1 fully saturated rings. The third kappa shape index (κ3) is 28.9. The van der Waals surface area contributed by atoms with E-state index in [1.807, 2.05) is 10.6 Å². The first-order chi connectivity index (χ1) is 47.1. The maximum atomic E-state index is 15.7. The van der Waals surface area contributed by atoms with Crippen molar-refractivity contribution in [2.45, 2.75) is 219 Å². The number of nitrogens with one attached hydrogen (secondary N) is 11. The molecule has 21 N–H and O–H groups in total. The Morgan fingerprint density at radius 2 is 1.25 bits per heavy atom. The standard InChI is InChI=1S/C66H104N16O19/c1-14-34(6)44-58(94)80-45(35(7)84)57(93)72-30-43(85)78-47(50(87)52(67)88)60(96)76-42(31-83)62(98)100-51(36-21-16-15-17-22-36)48(82-55(91)40(28-37-23-18-19-25-70-37)74-56(92)41(29-65(8,9)10)77-64(99)101-66(11,12)13)61(97)81-46(49(86)33(4)5)59(95)75-39(27-32(2)3)54(90)73-38(53(89)79-44)24-20-26-71-63(68)69/h15-19,21-23,25,32-35,38-42,44-51,83-84,86-87H,14,20,24,26-31H2,1-13H3,(H2,67,88)(H,72,93)(H,73,90)(H,74,92)(H,75,95)(H,76,96)(H,77,99)(H,78,85)(H,79,89)(H,80,94)(H,81,97)(H,82,91)(H4,68,69,71)/t34-,35-,38+,39-,40?,41+,42-,44-,45-,46-,47-,48-,49+,50-,51+/m0/s1. The van der Waals surface area contributed by atoms with Gasteiger partial charge >= 0.3 is 12.1 Å². The van der Waals surface area contributed by atoms with Crippen LogP contribution in [0.2, 0.25) is 0 Å². The van der Waals surface area contributed by atoms with Crippen molar-refractivity contribution in [3.63, 3.8) is 0 Å². The van der Waals surface area contributed by atoms with Gasteiger partial charge in [0.2, 0.25) is 65.0 Å². The fourth-order valence-corrected chi connectivity index (χ4v) is 10.1. The second-order valence-corrected chi connectivity index (χ2v) is 27.7. The van der Waals surface area contributed by atoms with Crippen LogP contribution in [0.15, 0.2) is 59.7 Å². The molecular formula is C66H104N16O19. The second kappa shape index (κ2) is 40.0. The molecule has 101 heavy (non-hydrogen) atoms. The zero-order chi connectivity index (χ0) is 76.4. The summed E-state index contributed by atoms with van der Waals surface area (Å²) in [7, 11) is 0. The van der Waals surface area contributed by atoms with Gasteiger partial charge in [0, 0.05) is 24.9 Å². The average molecular weight is 1430 g/mol. The molecule has 12 amide bonds. The molecule has 562 valence electrons. The molecule has 2 heterocycles. The highest BCUT2D eigenvalue weighted by Crippen LogP contribution is 2.26. The second-order valence-electron chi connectivity index (χ2n) is 27.7. The molecule has 0 bridgehead atoms. The smallest absolute Gasteiger partial charge is 0.408 e. The van der Waals surface area contributed by atoms with Crippen molar-refractivity contribution in [1.29, 1.82) is 0 Å². The molecule has 15 atom stereocenters. The van der Waals surface area contributed by atoms with Crippen LogP contribution >= 0.6 is 0 Å². The lowest BCUT2D eigenvalue weighted by atomic mass is 9.87. The highest BCUT2D eigenvalue weighted by atomic mass is 16.6. The first-order valence-corrected chi connectivity index (χ1v) is 33.2. The summed E-state index contributed by atoms with van der Waals surface area (Å²) < 4.78 is 11.5. The summed E-state index contributed by atoms with van der Waals surface area (Å²) in [6, 6.07) is -7.32. The van der Waals surface area contributed by atoms with E-state index in [-0.39, 0.29) is 55.9 Å². The maximum Gasteiger partial charge on any atom is 0.408 e. The van der Waals surface area contributed by atoms with Crippen LogP contribution in [0.3, 0.4) is 0 Å². The van der Waals surface area contributed by atoms with E-state index in [9.17, 15) is 68.4 Å². The van der Waals surface area contributed by atoms with Gasteiger partial charge < -0.3 is 106 Å². The van der Waals surface area contributed by atoms with Crippen molar-refractivity contribution in [3.05, 3.63) is 66.0 Å². The fraction of sp³-hybridized carbons (Fsp3) is 0.621. The van der Waals surface area contributed by atoms with Gasteiger partial charge in [-0.3, -0.25) is 62.7 Å².